The molecule has 0 spiro atoms. The number of nitro groups is 1. The van der Waals surface area contributed by atoms with Crippen molar-refractivity contribution in [1.29, 1.82) is 0 Å². The topological polar surface area (TPSA) is 108 Å². The Morgan fingerprint density at radius 3 is 2.33 bits per heavy atom. The number of carbonyl (C=O) groups is 1. The number of anilines is 1. The molecule has 4 rings (SSSR count). The number of aromatic nitrogens is 4. The number of benzene rings is 2. The molecule has 1 amide bonds. The monoisotopic (exact) mass is 444 g/mol. The number of amides is 1. The first-order chi connectivity index (χ1) is 15.7. The Labute approximate surface area is 190 Å². The predicted octanol–water partition coefficient (Wildman–Crippen LogP) is 4.51. The van der Waals surface area contributed by atoms with E-state index in [1.165, 1.54) is 0 Å². The fraction of sp³-hybridized carbons (Fsp3) is 0.208. The second kappa shape index (κ2) is 8.70. The van der Waals surface area contributed by atoms with Crippen LogP contribution >= 0.6 is 0 Å². The van der Waals surface area contributed by atoms with Gasteiger partial charge in [0.2, 0.25) is 0 Å². The van der Waals surface area contributed by atoms with Gasteiger partial charge in [-0.2, -0.15) is 10.2 Å². The molecule has 0 fully saturated rings. The van der Waals surface area contributed by atoms with Crippen LogP contribution in [-0.4, -0.2) is 30.4 Å². The number of hydrogen-bond acceptors (Lipinski definition) is 5. The molecule has 0 bridgehead atoms. The van der Waals surface area contributed by atoms with E-state index in [0.29, 0.717) is 29.2 Å². The van der Waals surface area contributed by atoms with E-state index >= 15 is 0 Å². The van der Waals surface area contributed by atoms with Gasteiger partial charge in [-0.3, -0.25) is 19.6 Å². The molecule has 9 nitrogen and oxygen atoms in total. The van der Waals surface area contributed by atoms with Crippen molar-refractivity contribution >= 4 is 17.3 Å². The van der Waals surface area contributed by atoms with Crippen molar-refractivity contribution in [2.45, 2.75) is 34.2 Å². The number of nitrogens with one attached hydrogen (secondary N) is 1. The number of carbonyl (C=O) groups excluding carboxylic acids is 1. The summed E-state index contributed by atoms with van der Waals surface area (Å²) in [5, 5.41) is 23.0. The van der Waals surface area contributed by atoms with Crippen LogP contribution in [0, 0.1) is 37.8 Å². The molecule has 0 saturated heterocycles. The molecule has 2 aromatic carbocycles. The van der Waals surface area contributed by atoms with Gasteiger partial charge in [-0.25, -0.2) is 4.68 Å². The molecule has 0 saturated carbocycles. The van der Waals surface area contributed by atoms with Gasteiger partial charge < -0.3 is 5.32 Å². The van der Waals surface area contributed by atoms with E-state index in [2.05, 4.69) is 15.5 Å². The lowest BCUT2D eigenvalue weighted by Crippen LogP contribution is -2.14. The second-order valence-corrected chi connectivity index (χ2v) is 7.94. The first kappa shape index (κ1) is 21.9. The highest BCUT2D eigenvalue weighted by atomic mass is 16.6. The number of aryl methyl sites for hydroxylation is 3. The van der Waals surface area contributed by atoms with Crippen LogP contribution in [0.4, 0.5) is 11.4 Å². The van der Waals surface area contributed by atoms with Gasteiger partial charge in [0.25, 0.3) is 5.91 Å². The number of nitrogens with zero attached hydrogens (tertiary/aromatic N) is 5. The van der Waals surface area contributed by atoms with E-state index in [0.717, 1.165) is 22.6 Å². The van der Waals surface area contributed by atoms with E-state index in [9.17, 15) is 14.9 Å². The lowest BCUT2D eigenvalue weighted by Gasteiger charge is -2.13. The lowest BCUT2D eigenvalue weighted by atomic mass is 10.1. The SMILES string of the molecule is Cc1cc(C)n(-c2ccccc2NC(=O)c2ccc(Cn3nc(C)c([N+](=O)[O-])c3C)cc2)n1. The van der Waals surface area contributed by atoms with Gasteiger partial charge in [-0.1, -0.05) is 24.3 Å². The standard InChI is InChI=1S/C24H24N6O3/c1-15-13-16(2)29(26-15)22-8-6-5-7-21(22)25-24(31)20-11-9-19(10-12-20)14-28-18(4)23(30(32)33)17(3)27-28/h5-13H,14H2,1-4H3,(H,25,31). The van der Waals surface area contributed by atoms with Crippen molar-refractivity contribution in [3.05, 3.63) is 98.6 Å². The van der Waals surface area contributed by atoms with E-state index < -0.39 is 4.92 Å². The molecule has 0 radical (unpaired) electrons. The van der Waals surface area contributed by atoms with Crippen LogP contribution in [0.3, 0.4) is 0 Å². The van der Waals surface area contributed by atoms with Crippen molar-refractivity contribution in [2.75, 3.05) is 5.32 Å². The van der Waals surface area contributed by atoms with Gasteiger partial charge in [0.1, 0.15) is 11.4 Å². The van der Waals surface area contributed by atoms with Gasteiger partial charge >= 0.3 is 5.69 Å². The van der Waals surface area contributed by atoms with E-state index in [1.807, 2.05) is 61.0 Å². The first-order valence-corrected chi connectivity index (χ1v) is 10.5. The van der Waals surface area contributed by atoms with Gasteiger partial charge in [0.15, 0.2) is 0 Å². The zero-order valence-electron chi connectivity index (χ0n) is 18.9. The van der Waals surface area contributed by atoms with Gasteiger partial charge in [-0.15, -0.1) is 0 Å². The van der Waals surface area contributed by atoms with Crippen LogP contribution in [0.1, 0.15) is 38.7 Å². The van der Waals surface area contributed by atoms with E-state index in [4.69, 9.17) is 0 Å². The molecule has 0 unspecified atom stereocenters. The normalized spacial score (nSPS) is 10.9. The van der Waals surface area contributed by atoms with Gasteiger partial charge in [0, 0.05) is 11.3 Å². The maximum Gasteiger partial charge on any atom is 0.312 e. The molecule has 33 heavy (non-hydrogen) atoms. The molecule has 4 aromatic rings. The van der Waals surface area contributed by atoms with Crippen molar-refractivity contribution in [1.82, 2.24) is 19.6 Å². The highest BCUT2D eigenvalue weighted by Crippen LogP contribution is 2.24. The number of hydrogen-bond donors (Lipinski definition) is 1. The third-order valence-corrected chi connectivity index (χ3v) is 5.46. The molecule has 1 N–H and O–H groups in total. The van der Waals surface area contributed by atoms with E-state index in [1.54, 1.807) is 30.7 Å². The zero-order valence-corrected chi connectivity index (χ0v) is 18.9. The maximum atomic E-state index is 12.9. The van der Waals surface area contributed by atoms with Gasteiger partial charge in [-0.05, 0) is 63.6 Å². The van der Waals surface area contributed by atoms with Crippen molar-refractivity contribution in [3.63, 3.8) is 0 Å². The summed E-state index contributed by atoms with van der Waals surface area (Å²) in [4.78, 5) is 23.7. The van der Waals surface area contributed by atoms with Crippen molar-refractivity contribution in [2.24, 2.45) is 0 Å². The highest BCUT2D eigenvalue weighted by molar-refractivity contribution is 6.05. The molecule has 0 atom stereocenters. The summed E-state index contributed by atoms with van der Waals surface area (Å²) in [7, 11) is 0. The molecular formula is C24H24N6O3. The van der Waals surface area contributed by atoms with Crippen molar-refractivity contribution in [3.8, 4) is 5.69 Å². The Balaban J connectivity index is 1.52. The molecule has 0 aliphatic rings. The minimum Gasteiger partial charge on any atom is -0.320 e. The Morgan fingerprint density at radius 1 is 1.03 bits per heavy atom. The third kappa shape index (κ3) is 4.38. The lowest BCUT2D eigenvalue weighted by molar-refractivity contribution is -0.386. The zero-order chi connectivity index (χ0) is 23.7. The van der Waals surface area contributed by atoms with Crippen LogP contribution in [0.15, 0.2) is 54.6 Å². The fourth-order valence-electron chi connectivity index (χ4n) is 3.87. The predicted molar refractivity (Wildman–Crippen MR) is 125 cm³/mol. The Bertz CT molecular complexity index is 1350. The van der Waals surface area contributed by atoms with Crippen LogP contribution in [0.2, 0.25) is 0 Å². The molecule has 0 aliphatic heterocycles. The van der Waals surface area contributed by atoms with Crippen LogP contribution < -0.4 is 5.32 Å². The summed E-state index contributed by atoms with van der Waals surface area (Å²) in [5.74, 6) is -0.239. The van der Waals surface area contributed by atoms with E-state index in [-0.39, 0.29) is 11.6 Å². The fourth-order valence-corrected chi connectivity index (χ4v) is 3.87. The first-order valence-electron chi connectivity index (χ1n) is 10.5. The van der Waals surface area contributed by atoms with Crippen LogP contribution in [0.25, 0.3) is 5.69 Å². The largest absolute Gasteiger partial charge is 0.320 e. The summed E-state index contributed by atoms with van der Waals surface area (Å²) in [5.41, 5.74) is 5.63. The van der Waals surface area contributed by atoms with Crippen LogP contribution in [0.5, 0.6) is 0 Å². The maximum absolute atomic E-state index is 12.9. The summed E-state index contributed by atoms with van der Waals surface area (Å²) < 4.78 is 3.41. The molecular weight excluding hydrogens is 420 g/mol. The molecule has 168 valence electrons. The Morgan fingerprint density at radius 2 is 1.73 bits per heavy atom. The molecule has 2 heterocycles. The summed E-state index contributed by atoms with van der Waals surface area (Å²) in [6.07, 6.45) is 0. The Hall–Kier alpha value is -4.27. The summed E-state index contributed by atoms with van der Waals surface area (Å²) >= 11 is 0. The summed E-state index contributed by atoms with van der Waals surface area (Å²) in [6, 6.07) is 16.6. The number of rotatable bonds is 6. The molecule has 0 aliphatic carbocycles. The quantitative estimate of drug-likeness (QED) is 0.348. The molecule has 9 heteroatoms. The van der Waals surface area contributed by atoms with Crippen molar-refractivity contribution < 1.29 is 9.72 Å². The smallest absolute Gasteiger partial charge is 0.312 e. The third-order valence-electron chi connectivity index (χ3n) is 5.46. The second-order valence-electron chi connectivity index (χ2n) is 7.94. The van der Waals surface area contributed by atoms with Crippen LogP contribution in [-0.2, 0) is 6.54 Å². The Kier molecular flexibility index (Phi) is 5.78. The number of para-hydroxylation sites is 2. The van der Waals surface area contributed by atoms with Gasteiger partial charge in [0.05, 0.1) is 28.5 Å². The average Bonchev–Trinajstić information content (AvgIpc) is 3.25. The average molecular weight is 444 g/mol. The molecule has 2 aromatic heterocycles. The highest BCUT2D eigenvalue weighted by Gasteiger charge is 2.21. The summed E-state index contributed by atoms with van der Waals surface area (Å²) in [6.45, 7) is 7.58. The minimum atomic E-state index is -0.411. The minimum absolute atomic E-state index is 0.0345.